The van der Waals surface area contributed by atoms with E-state index in [0.717, 1.165) is 18.7 Å². The summed E-state index contributed by atoms with van der Waals surface area (Å²) < 4.78 is 5.54. The lowest BCUT2D eigenvalue weighted by atomic mass is 10.1. The molecule has 0 aromatic heterocycles. The molecule has 1 heterocycles. The van der Waals surface area contributed by atoms with Gasteiger partial charge in [0.1, 0.15) is 6.61 Å². The maximum atomic E-state index is 11.9. The summed E-state index contributed by atoms with van der Waals surface area (Å²) in [6.07, 6.45) is 1.04. The highest BCUT2D eigenvalue weighted by Crippen LogP contribution is 2.20. The molecule has 0 radical (unpaired) electrons. The van der Waals surface area contributed by atoms with Crippen molar-refractivity contribution in [1.82, 2.24) is 5.32 Å². The van der Waals surface area contributed by atoms with Crippen LogP contribution in [0.25, 0.3) is 0 Å². The summed E-state index contributed by atoms with van der Waals surface area (Å²) in [6.45, 7) is 3.76. The van der Waals surface area contributed by atoms with Crippen molar-refractivity contribution in [3.63, 3.8) is 0 Å². The molecule has 1 aromatic rings. The van der Waals surface area contributed by atoms with Crippen LogP contribution < -0.4 is 10.2 Å². The zero-order chi connectivity index (χ0) is 13.0. The number of nitrogens with zero attached hydrogens (tertiary/aromatic N) is 1. The Kier molecular flexibility index (Phi) is 4.33. The maximum Gasteiger partial charge on any atom is 0.253 e. The van der Waals surface area contributed by atoms with Crippen LogP contribution in [0.1, 0.15) is 12.0 Å². The molecule has 1 N–H and O–H groups in total. The van der Waals surface area contributed by atoms with Gasteiger partial charge in [-0.1, -0.05) is 12.1 Å². The van der Waals surface area contributed by atoms with Crippen LogP contribution in [0.3, 0.4) is 0 Å². The summed E-state index contributed by atoms with van der Waals surface area (Å²) >= 11 is 0. The zero-order valence-electron chi connectivity index (χ0n) is 11.0. The Labute approximate surface area is 108 Å². The third-order valence-electron chi connectivity index (χ3n) is 3.16. The minimum Gasteiger partial charge on any atom is -0.366 e. The van der Waals surface area contributed by atoms with Gasteiger partial charge in [0.2, 0.25) is 0 Å². The Hall–Kier alpha value is -1.39. The molecule has 1 amide bonds. The van der Waals surface area contributed by atoms with Crippen LogP contribution in [0.4, 0.5) is 5.69 Å². The predicted molar refractivity (Wildman–Crippen MR) is 71.8 cm³/mol. The van der Waals surface area contributed by atoms with Gasteiger partial charge in [-0.2, -0.15) is 0 Å². The molecule has 1 fully saturated rings. The van der Waals surface area contributed by atoms with Crippen molar-refractivity contribution >= 4 is 11.6 Å². The monoisotopic (exact) mass is 248 g/mol. The van der Waals surface area contributed by atoms with Crippen molar-refractivity contribution in [2.24, 2.45) is 0 Å². The summed E-state index contributed by atoms with van der Waals surface area (Å²) in [5.41, 5.74) is 2.14. The molecule has 4 heteroatoms. The van der Waals surface area contributed by atoms with Gasteiger partial charge in [0.25, 0.3) is 5.91 Å². The van der Waals surface area contributed by atoms with Gasteiger partial charge in [0.15, 0.2) is 0 Å². The van der Waals surface area contributed by atoms with Gasteiger partial charge in [-0.25, -0.2) is 0 Å². The number of anilines is 1. The average molecular weight is 248 g/mol. The second-order valence-electron chi connectivity index (χ2n) is 4.67. The Morgan fingerprint density at radius 3 is 3.06 bits per heavy atom. The number of aryl methyl sites for hydroxylation is 1. The van der Waals surface area contributed by atoms with E-state index in [1.807, 2.05) is 43.1 Å². The molecule has 98 valence electrons. The summed E-state index contributed by atoms with van der Waals surface area (Å²) in [5.74, 6) is 0.0429. The smallest absolute Gasteiger partial charge is 0.253 e. The number of carbonyl (C=O) groups is 1. The minimum atomic E-state index is 0.0429. The summed E-state index contributed by atoms with van der Waals surface area (Å²) in [7, 11) is 1.92. The fourth-order valence-electron chi connectivity index (χ4n) is 2.15. The van der Waals surface area contributed by atoms with Crippen molar-refractivity contribution in [2.75, 3.05) is 31.6 Å². The molecule has 1 aliphatic heterocycles. The molecule has 1 aliphatic rings. The summed E-state index contributed by atoms with van der Waals surface area (Å²) in [4.78, 5) is 13.7. The van der Waals surface area contributed by atoms with E-state index < -0.39 is 0 Å². The van der Waals surface area contributed by atoms with E-state index in [-0.39, 0.29) is 18.6 Å². The summed E-state index contributed by atoms with van der Waals surface area (Å²) in [6, 6.07) is 8.03. The molecule has 4 nitrogen and oxygen atoms in total. The highest BCUT2D eigenvalue weighted by Gasteiger charge is 2.26. The van der Waals surface area contributed by atoms with E-state index in [2.05, 4.69) is 5.32 Å². The molecule has 2 rings (SSSR count). The second kappa shape index (κ2) is 5.98. The van der Waals surface area contributed by atoms with Gasteiger partial charge in [-0.05, 0) is 44.6 Å². The number of carbonyl (C=O) groups excluding carboxylic acids is 1. The standard InChI is InChI=1S/C14H20N2O2/c1-11-4-3-5-12(8-11)16-9-13(6-7-15-2)18-10-14(16)17/h3-5,8,13,15H,6-7,9-10H2,1-2H3. The predicted octanol–water partition coefficient (Wildman–Crippen LogP) is 1.34. The van der Waals surface area contributed by atoms with Crippen LogP contribution in [-0.4, -0.2) is 38.8 Å². The van der Waals surface area contributed by atoms with Gasteiger partial charge < -0.3 is 15.0 Å². The third kappa shape index (κ3) is 3.09. The number of benzene rings is 1. The van der Waals surface area contributed by atoms with Crippen LogP contribution in [0.15, 0.2) is 24.3 Å². The third-order valence-corrected chi connectivity index (χ3v) is 3.16. The molecule has 18 heavy (non-hydrogen) atoms. The Morgan fingerprint density at radius 1 is 1.50 bits per heavy atom. The van der Waals surface area contributed by atoms with E-state index in [9.17, 15) is 4.79 Å². The summed E-state index contributed by atoms with van der Waals surface area (Å²) in [5, 5.41) is 3.11. The van der Waals surface area contributed by atoms with Gasteiger partial charge in [-0.3, -0.25) is 4.79 Å². The van der Waals surface area contributed by atoms with Crippen LogP contribution in [0.2, 0.25) is 0 Å². The lowest BCUT2D eigenvalue weighted by Crippen LogP contribution is -2.47. The van der Waals surface area contributed by atoms with Gasteiger partial charge >= 0.3 is 0 Å². The second-order valence-corrected chi connectivity index (χ2v) is 4.67. The molecular weight excluding hydrogens is 228 g/mol. The molecule has 1 atom stereocenters. The molecule has 0 bridgehead atoms. The molecule has 0 spiro atoms. The number of hydrogen-bond acceptors (Lipinski definition) is 3. The number of morpholine rings is 1. The van der Waals surface area contributed by atoms with Crippen LogP contribution in [0, 0.1) is 6.92 Å². The SMILES string of the molecule is CNCCC1CN(c2cccc(C)c2)C(=O)CO1. The molecule has 1 unspecified atom stereocenters. The van der Waals surface area contributed by atoms with Crippen molar-refractivity contribution in [3.8, 4) is 0 Å². The lowest BCUT2D eigenvalue weighted by Gasteiger charge is -2.33. The fourth-order valence-corrected chi connectivity index (χ4v) is 2.15. The lowest BCUT2D eigenvalue weighted by molar-refractivity contribution is -0.129. The van der Waals surface area contributed by atoms with Crippen molar-refractivity contribution in [1.29, 1.82) is 0 Å². The minimum absolute atomic E-state index is 0.0429. The first-order valence-electron chi connectivity index (χ1n) is 6.34. The fraction of sp³-hybridized carbons (Fsp3) is 0.500. The van der Waals surface area contributed by atoms with Crippen molar-refractivity contribution in [3.05, 3.63) is 29.8 Å². The Balaban J connectivity index is 2.08. The number of amides is 1. The van der Waals surface area contributed by atoms with Gasteiger partial charge in [0, 0.05) is 5.69 Å². The highest BCUT2D eigenvalue weighted by atomic mass is 16.5. The first-order valence-corrected chi connectivity index (χ1v) is 6.34. The molecular formula is C14H20N2O2. The van der Waals surface area contributed by atoms with E-state index >= 15 is 0 Å². The Bertz CT molecular complexity index is 420. The van der Waals surface area contributed by atoms with Gasteiger partial charge in [0.05, 0.1) is 12.6 Å². The molecule has 0 aliphatic carbocycles. The number of ether oxygens (including phenoxy) is 1. The topological polar surface area (TPSA) is 41.6 Å². The van der Waals surface area contributed by atoms with Crippen LogP contribution in [0.5, 0.6) is 0 Å². The number of rotatable bonds is 4. The Morgan fingerprint density at radius 2 is 2.33 bits per heavy atom. The molecule has 1 saturated heterocycles. The van der Waals surface area contributed by atoms with E-state index in [1.54, 1.807) is 0 Å². The van der Waals surface area contributed by atoms with Gasteiger partial charge in [-0.15, -0.1) is 0 Å². The first-order chi connectivity index (χ1) is 8.70. The normalized spacial score (nSPS) is 20.2. The first kappa shape index (κ1) is 13.1. The number of nitrogens with one attached hydrogen (secondary N) is 1. The van der Waals surface area contributed by atoms with Crippen LogP contribution >= 0.6 is 0 Å². The zero-order valence-corrected chi connectivity index (χ0v) is 11.0. The van der Waals surface area contributed by atoms with Crippen molar-refractivity contribution < 1.29 is 9.53 Å². The quantitative estimate of drug-likeness (QED) is 0.874. The van der Waals surface area contributed by atoms with Crippen molar-refractivity contribution in [2.45, 2.75) is 19.4 Å². The molecule has 0 saturated carbocycles. The van der Waals surface area contributed by atoms with E-state index in [0.29, 0.717) is 6.54 Å². The maximum absolute atomic E-state index is 11.9. The highest BCUT2D eigenvalue weighted by molar-refractivity contribution is 5.95. The van der Waals surface area contributed by atoms with E-state index in [4.69, 9.17) is 4.74 Å². The molecule has 1 aromatic carbocycles. The van der Waals surface area contributed by atoms with E-state index in [1.165, 1.54) is 5.56 Å². The van der Waals surface area contributed by atoms with Crippen LogP contribution in [-0.2, 0) is 9.53 Å². The average Bonchev–Trinajstić information content (AvgIpc) is 2.38. The number of hydrogen-bond donors (Lipinski definition) is 1. The largest absolute Gasteiger partial charge is 0.366 e.